The molecule has 53 valence electrons. The molecule has 0 aliphatic rings. The van der Waals surface area contributed by atoms with E-state index < -0.39 is 0 Å². The Bertz CT molecular complexity index is 317. The Labute approximate surface area is 67.8 Å². The maximum atomic E-state index is 4.09. The third kappa shape index (κ3) is 1.25. The summed E-state index contributed by atoms with van der Waals surface area (Å²) in [5.74, 6) is 0. The molecule has 4 heteroatoms. The molecule has 0 fully saturated rings. The highest BCUT2D eigenvalue weighted by molar-refractivity contribution is 7.13. The van der Waals surface area contributed by atoms with Gasteiger partial charge in [-0.3, -0.25) is 0 Å². The van der Waals surface area contributed by atoms with Crippen LogP contribution in [0.25, 0.3) is 10.7 Å². The summed E-state index contributed by atoms with van der Waals surface area (Å²) in [7, 11) is 0. The van der Waals surface area contributed by atoms with Crippen LogP contribution in [0.2, 0.25) is 0 Å². The second kappa shape index (κ2) is 2.75. The number of nitrogens with zero attached hydrogens (tertiary/aromatic N) is 3. The Morgan fingerprint density at radius 3 is 3.00 bits per heavy atom. The maximum Gasteiger partial charge on any atom is 0.141 e. The van der Waals surface area contributed by atoms with Gasteiger partial charge in [-0.2, -0.15) is 0 Å². The van der Waals surface area contributed by atoms with Crippen LogP contribution in [0, 0.1) is 6.20 Å². The molecule has 0 atom stereocenters. The largest absolute Gasteiger partial charge is 0.243 e. The molecule has 0 N–H and O–H groups in total. The molecule has 0 unspecified atom stereocenters. The van der Waals surface area contributed by atoms with E-state index in [1.54, 1.807) is 23.6 Å². The Morgan fingerprint density at radius 2 is 2.36 bits per heavy atom. The highest BCUT2D eigenvalue weighted by atomic mass is 32.1. The monoisotopic (exact) mass is 162 g/mol. The number of hydrogen-bond acceptors (Lipinski definition) is 4. The van der Waals surface area contributed by atoms with E-state index in [1.807, 2.05) is 5.38 Å². The minimum atomic E-state index is 0.829. The van der Waals surface area contributed by atoms with Crippen LogP contribution in [0.5, 0.6) is 0 Å². The van der Waals surface area contributed by atoms with Crippen LogP contribution < -0.4 is 0 Å². The van der Waals surface area contributed by atoms with E-state index in [2.05, 4.69) is 21.1 Å². The molecular formula is C7H4N3S. The van der Waals surface area contributed by atoms with Crippen molar-refractivity contribution in [2.45, 2.75) is 0 Å². The van der Waals surface area contributed by atoms with Crippen molar-refractivity contribution in [1.82, 2.24) is 15.0 Å². The van der Waals surface area contributed by atoms with Crippen LogP contribution >= 0.6 is 11.3 Å². The highest BCUT2D eigenvalue weighted by Gasteiger charge is 1.98. The summed E-state index contributed by atoms with van der Waals surface area (Å²) in [6, 6.07) is 1.72. The molecule has 2 rings (SSSR count). The molecule has 3 nitrogen and oxygen atoms in total. The number of aromatic nitrogens is 3. The van der Waals surface area contributed by atoms with Crippen molar-refractivity contribution < 1.29 is 0 Å². The summed E-state index contributed by atoms with van der Waals surface area (Å²) in [6.45, 7) is 0. The molecular weight excluding hydrogens is 158 g/mol. The fraction of sp³-hybridized carbons (Fsp3) is 0. The van der Waals surface area contributed by atoms with Gasteiger partial charge in [-0.25, -0.2) is 15.0 Å². The van der Waals surface area contributed by atoms with E-state index >= 15 is 0 Å². The van der Waals surface area contributed by atoms with Crippen LogP contribution in [-0.2, 0) is 0 Å². The number of thiazole rings is 1. The van der Waals surface area contributed by atoms with Gasteiger partial charge in [0.1, 0.15) is 17.0 Å². The molecule has 0 bridgehead atoms. The first-order valence-electron chi connectivity index (χ1n) is 3.05. The van der Waals surface area contributed by atoms with Crippen molar-refractivity contribution in [2.75, 3.05) is 0 Å². The molecule has 2 aromatic heterocycles. The minimum absolute atomic E-state index is 0.829. The van der Waals surface area contributed by atoms with Crippen molar-refractivity contribution in [3.63, 3.8) is 0 Å². The molecule has 0 aliphatic heterocycles. The third-order valence-electron chi connectivity index (χ3n) is 1.18. The molecule has 11 heavy (non-hydrogen) atoms. The van der Waals surface area contributed by atoms with Crippen molar-refractivity contribution in [1.29, 1.82) is 0 Å². The predicted octanol–water partition coefficient (Wildman–Crippen LogP) is 1.40. The van der Waals surface area contributed by atoms with Gasteiger partial charge in [0, 0.05) is 11.6 Å². The quantitative estimate of drug-likeness (QED) is 0.636. The van der Waals surface area contributed by atoms with E-state index in [-0.39, 0.29) is 0 Å². The zero-order chi connectivity index (χ0) is 7.52. The van der Waals surface area contributed by atoms with Gasteiger partial charge in [-0.05, 0) is 6.07 Å². The Morgan fingerprint density at radius 1 is 1.36 bits per heavy atom. The predicted molar refractivity (Wildman–Crippen MR) is 42.0 cm³/mol. The number of rotatable bonds is 1. The molecule has 1 radical (unpaired) electrons. The third-order valence-corrected chi connectivity index (χ3v) is 1.98. The SMILES string of the molecule is [c]1cc(-c2nccs2)ncn1. The molecule has 0 aromatic carbocycles. The van der Waals surface area contributed by atoms with E-state index in [4.69, 9.17) is 0 Å². The second-order valence-electron chi connectivity index (χ2n) is 1.87. The standard InChI is InChI=1S/C7H4N3S/c1-2-8-5-10-6(1)7-9-3-4-11-7/h1,3-5H. The van der Waals surface area contributed by atoms with Crippen molar-refractivity contribution in [3.8, 4) is 10.7 Å². The Balaban J connectivity index is 2.46. The fourth-order valence-electron chi connectivity index (χ4n) is 0.727. The van der Waals surface area contributed by atoms with Gasteiger partial charge in [0.25, 0.3) is 0 Å². The molecule has 0 aliphatic carbocycles. The van der Waals surface area contributed by atoms with Crippen LogP contribution in [-0.4, -0.2) is 15.0 Å². The van der Waals surface area contributed by atoms with Crippen LogP contribution in [0.4, 0.5) is 0 Å². The fourth-order valence-corrected chi connectivity index (χ4v) is 1.33. The van der Waals surface area contributed by atoms with E-state index in [0.29, 0.717) is 0 Å². The van der Waals surface area contributed by atoms with E-state index in [1.165, 1.54) is 6.33 Å². The average molecular weight is 162 g/mol. The second-order valence-corrected chi connectivity index (χ2v) is 2.76. The topological polar surface area (TPSA) is 38.7 Å². The van der Waals surface area contributed by atoms with E-state index in [0.717, 1.165) is 10.7 Å². The molecule has 0 spiro atoms. The van der Waals surface area contributed by atoms with Gasteiger partial charge in [-0.15, -0.1) is 11.3 Å². The lowest BCUT2D eigenvalue weighted by Gasteiger charge is -1.89. The molecule has 2 heterocycles. The van der Waals surface area contributed by atoms with Gasteiger partial charge in [0.2, 0.25) is 0 Å². The van der Waals surface area contributed by atoms with Crippen LogP contribution in [0.15, 0.2) is 24.0 Å². The van der Waals surface area contributed by atoms with Crippen LogP contribution in [0.1, 0.15) is 0 Å². The smallest absolute Gasteiger partial charge is 0.141 e. The molecule has 2 aromatic rings. The summed E-state index contributed by atoms with van der Waals surface area (Å²) in [6.07, 6.45) is 5.92. The van der Waals surface area contributed by atoms with Gasteiger partial charge in [-0.1, -0.05) is 0 Å². The Hall–Kier alpha value is -1.29. The van der Waals surface area contributed by atoms with Crippen LogP contribution in [0.3, 0.4) is 0 Å². The van der Waals surface area contributed by atoms with Gasteiger partial charge < -0.3 is 0 Å². The average Bonchev–Trinajstić information content (AvgIpc) is 2.58. The van der Waals surface area contributed by atoms with Crippen molar-refractivity contribution in [3.05, 3.63) is 30.2 Å². The summed E-state index contributed by atoms with van der Waals surface area (Å²) in [5.41, 5.74) is 0.829. The minimum Gasteiger partial charge on any atom is -0.243 e. The van der Waals surface area contributed by atoms with E-state index in [9.17, 15) is 0 Å². The zero-order valence-corrected chi connectivity index (χ0v) is 6.38. The first kappa shape index (κ1) is 6.42. The number of hydrogen-bond donors (Lipinski definition) is 0. The molecule has 0 saturated heterocycles. The first-order valence-corrected chi connectivity index (χ1v) is 3.93. The molecule has 0 amide bonds. The normalized spacial score (nSPS) is 9.82. The summed E-state index contributed by atoms with van der Waals surface area (Å²) >= 11 is 1.55. The molecule has 0 saturated carbocycles. The van der Waals surface area contributed by atoms with Gasteiger partial charge >= 0.3 is 0 Å². The van der Waals surface area contributed by atoms with Crippen molar-refractivity contribution in [2.24, 2.45) is 0 Å². The highest BCUT2D eigenvalue weighted by Crippen LogP contribution is 2.17. The lowest BCUT2D eigenvalue weighted by atomic mass is 10.4. The zero-order valence-electron chi connectivity index (χ0n) is 5.56. The summed E-state index contributed by atoms with van der Waals surface area (Å²) in [4.78, 5) is 11.8. The maximum absolute atomic E-state index is 4.09. The van der Waals surface area contributed by atoms with Gasteiger partial charge in [0.15, 0.2) is 0 Å². The lowest BCUT2D eigenvalue weighted by molar-refractivity contribution is 1.16. The summed E-state index contributed by atoms with van der Waals surface area (Å²) < 4.78 is 0. The Kier molecular flexibility index (Phi) is 1.61. The van der Waals surface area contributed by atoms with Gasteiger partial charge in [0.05, 0.1) is 6.20 Å². The van der Waals surface area contributed by atoms with Crippen molar-refractivity contribution >= 4 is 11.3 Å². The summed E-state index contributed by atoms with van der Waals surface area (Å²) in [5, 5.41) is 2.82. The lowest BCUT2D eigenvalue weighted by Crippen LogP contribution is -1.81. The first-order chi connectivity index (χ1) is 5.47.